The second-order valence-electron chi connectivity index (χ2n) is 6.48. The Morgan fingerprint density at radius 2 is 2.15 bits per heavy atom. The summed E-state index contributed by atoms with van der Waals surface area (Å²) in [6, 6.07) is 7.83. The van der Waals surface area contributed by atoms with Crippen molar-refractivity contribution in [2.24, 2.45) is 5.92 Å². The molecule has 6 nitrogen and oxygen atoms in total. The lowest BCUT2D eigenvalue weighted by Crippen LogP contribution is -2.14. The molecule has 1 aliphatic rings. The summed E-state index contributed by atoms with van der Waals surface area (Å²) >= 11 is 1.29. The number of hydrogen-bond donors (Lipinski definition) is 2. The number of fused-ring (bicyclic) bond motifs is 2. The largest absolute Gasteiger partial charge is 0.302 e. The van der Waals surface area contributed by atoms with Crippen LogP contribution in [0, 0.1) is 12.8 Å². The highest BCUT2D eigenvalue weighted by atomic mass is 32.1. The summed E-state index contributed by atoms with van der Waals surface area (Å²) in [6.45, 7) is 2.04. The van der Waals surface area contributed by atoms with Crippen LogP contribution in [0.5, 0.6) is 0 Å². The Kier molecular flexibility index (Phi) is 3.30. The first-order chi connectivity index (χ1) is 12.6. The standard InChI is InChI=1S/C18H14FN5OS/c1-8-2-3-12-10(7-20-24-12)15(8)13-4-5-14-17(21-13)26-18(22-14)23-16(25)9-6-11(9)19/h2-5,7,9,11H,6H2,1H3,(H,20,24)(H,22,23,25)/t9-,11+/m1/s1. The molecule has 1 aromatic carbocycles. The fourth-order valence-electron chi connectivity index (χ4n) is 3.11. The smallest absolute Gasteiger partial charge is 0.232 e. The molecule has 2 N–H and O–H groups in total. The summed E-state index contributed by atoms with van der Waals surface area (Å²) < 4.78 is 13.0. The molecule has 1 saturated carbocycles. The normalized spacial score (nSPS) is 19.2. The number of H-pyrrole nitrogens is 1. The van der Waals surface area contributed by atoms with Crippen LogP contribution in [0.15, 0.2) is 30.5 Å². The minimum Gasteiger partial charge on any atom is -0.302 e. The van der Waals surface area contributed by atoms with E-state index in [1.165, 1.54) is 11.3 Å². The maximum absolute atomic E-state index is 13.0. The number of carbonyl (C=O) groups is 1. The van der Waals surface area contributed by atoms with Crippen LogP contribution in [0.25, 0.3) is 32.5 Å². The number of nitrogens with zero attached hydrogens (tertiary/aromatic N) is 3. The topological polar surface area (TPSA) is 83.6 Å². The van der Waals surface area contributed by atoms with Gasteiger partial charge in [-0.3, -0.25) is 9.89 Å². The van der Waals surface area contributed by atoms with Crippen molar-refractivity contribution in [1.29, 1.82) is 0 Å². The molecule has 3 aromatic heterocycles. The number of pyridine rings is 1. The molecule has 3 heterocycles. The Hall–Kier alpha value is -2.87. The Morgan fingerprint density at radius 1 is 1.31 bits per heavy atom. The maximum Gasteiger partial charge on any atom is 0.232 e. The molecule has 0 saturated heterocycles. The summed E-state index contributed by atoms with van der Waals surface area (Å²) in [7, 11) is 0. The fraction of sp³-hybridized carbons (Fsp3) is 0.222. The van der Waals surface area contributed by atoms with Crippen LogP contribution in [0.3, 0.4) is 0 Å². The molecule has 4 aromatic rings. The van der Waals surface area contributed by atoms with Crippen LogP contribution in [0.4, 0.5) is 9.52 Å². The van der Waals surface area contributed by atoms with Gasteiger partial charge in [-0.15, -0.1) is 0 Å². The molecule has 8 heteroatoms. The van der Waals surface area contributed by atoms with Gasteiger partial charge in [0, 0.05) is 10.9 Å². The number of alkyl halides is 1. The first-order valence-corrected chi connectivity index (χ1v) is 9.07. The predicted octanol–water partition coefficient (Wildman–Crippen LogP) is 3.84. The van der Waals surface area contributed by atoms with Crippen molar-refractivity contribution in [3.63, 3.8) is 0 Å². The average molecular weight is 367 g/mol. The molecular weight excluding hydrogens is 353 g/mol. The lowest BCUT2D eigenvalue weighted by molar-refractivity contribution is -0.117. The minimum atomic E-state index is -1.02. The maximum atomic E-state index is 13.0. The van der Waals surface area contributed by atoms with Crippen molar-refractivity contribution in [1.82, 2.24) is 20.2 Å². The number of amides is 1. The summed E-state index contributed by atoms with van der Waals surface area (Å²) in [5.74, 6) is -0.845. The number of hydrogen-bond acceptors (Lipinski definition) is 5. The third-order valence-electron chi connectivity index (χ3n) is 4.62. The Labute approximate surface area is 151 Å². The van der Waals surface area contributed by atoms with Crippen molar-refractivity contribution in [3.8, 4) is 11.3 Å². The molecule has 0 radical (unpaired) electrons. The van der Waals surface area contributed by atoms with Gasteiger partial charge in [0.15, 0.2) is 5.13 Å². The number of aromatic nitrogens is 4. The van der Waals surface area contributed by atoms with Crippen molar-refractivity contribution in [2.75, 3.05) is 5.32 Å². The lowest BCUT2D eigenvalue weighted by atomic mass is 10.0. The van der Waals surface area contributed by atoms with E-state index >= 15 is 0 Å². The fourth-order valence-corrected chi connectivity index (χ4v) is 3.95. The Morgan fingerprint density at radius 3 is 2.96 bits per heavy atom. The first-order valence-electron chi connectivity index (χ1n) is 8.26. The molecule has 5 rings (SSSR count). The van der Waals surface area contributed by atoms with Gasteiger partial charge in [0.2, 0.25) is 5.91 Å². The number of halogens is 1. The third-order valence-corrected chi connectivity index (χ3v) is 5.50. The van der Waals surface area contributed by atoms with E-state index in [0.29, 0.717) is 17.1 Å². The van der Waals surface area contributed by atoms with Crippen molar-refractivity contribution in [2.45, 2.75) is 19.5 Å². The molecule has 0 unspecified atom stereocenters. The molecular formula is C18H14FN5OS. The highest BCUT2D eigenvalue weighted by molar-refractivity contribution is 7.22. The lowest BCUT2D eigenvalue weighted by Gasteiger charge is -2.06. The van der Waals surface area contributed by atoms with Crippen LogP contribution in [-0.4, -0.2) is 32.2 Å². The first kappa shape index (κ1) is 15.4. The van der Waals surface area contributed by atoms with Crippen LogP contribution in [0.1, 0.15) is 12.0 Å². The molecule has 0 spiro atoms. The summed E-state index contributed by atoms with van der Waals surface area (Å²) in [5, 5.41) is 11.2. The second kappa shape index (κ2) is 5.57. The Balaban J connectivity index is 1.54. The molecule has 0 aliphatic heterocycles. The van der Waals surface area contributed by atoms with Crippen molar-refractivity contribution >= 4 is 43.6 Å². The molecule has 26 heavy (non-hydrogen) atoms. The van der Waals surface area contributed by atoms with E-state index in [9.17, 15) is 9.18 Å². The van der Waals surface area contributed by atoms with E-state index in [0.717, 1.165) is 32.6 Å². The SMILES string of the molecule is Cc1ccc2[nH]ncc2c1-c1ccc2nc(NC(=O)[C@@H]3C[C@@H]3F)sc2n1. The zero-order chi connectivity index (χ0) is 17.8. The van der Waals surface area contributed by atoms with E-state index in [4.69, 9.17) is 4.98 Å². The molecule has 2 atom stereocenters. The summed E-state index contributed by atoms with van der Waals surface area (Å²) in [4.78, 5) is 21.7. The van der Waals surface area contributed by atoms with Gasteiger partial charge in [-0.25, -0.2) is 14.4 Å². The number of benzene rings is 1. The molecule has 130 valence electrons. The second-order valence-corrected chi connectivity index (χ2v) is 7.45. The van der Waals surface area contributed by atoms with E-state index in [-0.39, 0.29) is 5.91 Å². The van der Waals surface area contributed by atoms with Crippen molar-refractivity contribution in [3.05, 3.63) is 36.0 Å². The minimum absolute atomic E-state index is 0.299. The van der Waals surface area contributed by atoms with Gasteiger partial charge in [0.1, 0.15) is 16.5 Å². The van der Waals surface area contributed by atoms with Crippen LogP contribution < -0.4 is 5.32 Å². The average Bonchev–Trinajstić information content (AvgIpc) is 3.02. The van der Waals surface area contributed by atoms with E-state index in [2.05, 4.69) is 20.5 Å². The van der Waals surface area contributed by atoms with Crippen LogP contribution in [-0.2, 0) is 4.79 Å². The van der Waals surface area contributed by atoms with Crippen LogP contribution in [0.2, 0.25) is 0 Å². The molecule has 1 fully saturated rings. The summed E-state index contributed by atoms with van der Waals surface area (Å²) in [5.41, 5.74) is 4.62. The van der Waals surface area contributed by atoms with E-state index < -0.39 is 12.1 Å². The number of nitrogens with one attached hydrogen (secondary N) is 2. The van der Waals surface area contributed by atoms with Crippen LogP contribution >= 0.6 is 11.3 Å². The number of rotatable bonds is 3. The van der Waals surface area contributed by atoms with E-state index in [1.54, 1.807) is 6.20 Å². The number of thiazole rings is 1. The zero-order valence-electron chi connectivity index (χ0n) is 13.8. The van der Waals surface area contributed by atoms with Gasteiger partial charge < -0.3 is 5.32 Å². The molecule has 1 aliphatic carbocycles. The highest BCUT2D eigenvalue weighted by Gasteiger charge is 2.43. The zero-order valence-corrected chi connectivity index (χ0v) is 14.6. The monoisotopic (exact) mass is 367 g/mol. The molecule has 1 amide bonds. The van der Waals surface area contributed by atoms with E-state index in [1.807, 2.05) is 31.2 Å². The Bertz CT molecular complexity index is 1170. The number of carbonyl (C=O) groups excluding carboxylic acids is 1. The number of aryl methyl sites for hydroxylation is 1. The van der Waals surface area contributed by atoms with Gasteiger partial charge >= 0.3 is 0 Å². The van der Waals surface area contributed by atoms with Gasteiger partial charge in [0.05, 0.1) is 23.3 Å². The molecule has 0 bridgehead atoms. The highest BCUT2D eigenvalue weighted by Crippen LogP contribution is 2.36. The third kappa shape index (κ3) is 2.45. The van der Waals surface area contributed by atoms with Gasteiger partial charge in [-0.05, 0) is 37.1 Å². The van der Waals surface area contributed by atoms with Crippen molar-refractivity contribution < 1.29 is 9.18 Å². The van der Waals surface area contributed by atoms with Gasteiger partial charge in [-0.1, -0.05) is 17.4 Å². The predicted molar refractivity (Wildman–Crippen MR) is 98.9 cm³/mol. The van der Waals surface area contributed by atoms with Gasteiger partial charge in [-0.2, -0.15) is 5.10 Å². The summed E-state index contributed by atoms with van der Waals surface area (Å²) in [6.07, 6.45) is 1.07. The quantitative estimate of drug-likeness (QED) is 0.576. The van der Waals surface area contributed by atoms with Gasteiger partial charge in [0.25, 0.3) is 0 Å². The number of aromatic amines is 1. The number of anilines is 1.